The number of hydrogen-bond acceptors (Lipinski definition) is 4. The molecule has 0 atom stereocenters. The first-order valence-electron chi connectivity index (χ1n) is 8.70. The Morgan fingerprint density at radius 1 is 1.12 bits per heavy atom. The SMILES string of the molecule is C#Cc1cc(CN2CCNCC2)cc(B2OC(C)(C)C(C)(C)O2)c1. The van der Waals surface area contributed by atoms with Crippen LogP contribution in [0, 0.1) is 12.3 Å². The minimum atomic E-state index is -0.370. The van der Waals surface area contributed by atoms with Gasteiger partial charge in [0, 0.05) is 38.3 Å². The zero-order valence-electron chi connectivity index (χ0n) is 15.2. The Morgan fingerprint density at radius 3 is 2.33 bits per heavy atom. The minimum absolute atomic E-state index is 0.345. The number of rotatable bonds is 3. The molecule has 2 heterocycles. The Bertz CT molecular complexity index is 629. The summed E-state index contributed by atoms with van der Waals surface area (Å²) < 4.78 is 12.4. The number of benzene rings is 1. The summed E-state index contributed by atoms with van der Waals surface area (Å²) >= 11 is 0. The van der Waals surface area contributed by atoms with E-state index in [-0.39, 0.29) is 18.3 Å². The van der Waals surface area contributed by atoms with E-state index in [4.69, 9.17) is 15.7 Å². The van der Waals surface area contributed by atoms with Gasteiger partial charge >= 0.3 is 7.12 Å². The van der Waals surface area contributed by atoms with Gasteiger partial charge in [0.1, 0.15) is 0 Å². The molecule has 0 aliphatic carbocycles. The summed E-state index contributed by atoms with van der Waals surface area (Å²) in [6.07, 6.45) is 5.67. The number of nitrogens with zero attached hydrogens (tertiary/aromatic N) is 1. The lowest BCUT2D eigenvalue weighted by molar-refractivity contribution is 0.00578. The summed E-state index contributed by atoms with van der Waals surface area (Å²) in [6.45, 7) is 13.4. The smallest absolute Gasteiger partial charge is 0.399 e. The highest BCUT2D eigenvalue weighted by Crippen LogP contribution is 2.36. The summed E-state index contributed by atoms with van der Waals surface area (Å²) in [5, 5.41) is 3.38. The van der Waals surface area contributed by atoms with E-state index >= 15 is 0 Å². The number of nitrogens with one attached hydrogen (secondary N) is 1. The molecular weight excluding hydrogens is 299 g/mol. The first kappa shape index (κ1) is 17.5. The monoisotopic (exact) mass is 326 g/mol. The van der Waals surface area contributed by atoms with Gasteiger partial charge in [0.25, 0.3) is 0 Å². The molecule has 2 aliphatic rings. The predicted molar refractivity (Wildman–Crippen MR) is 98.2 cm³/mol. The molecule has 0 radical (unpaired) electrons. The molecule has 0 saturated carbocycles. The topological polar surface area (TPSA) is 33.7 Å². The molecule has 128 valence electrons. The maximum Gasteiger partial charge on any atom is 0.494 e. The van der Waals surface area contributed by atoms with Crippen LogP contribution in [0.4, 0.5) is 0 Å². The number of piperazine rings is 1. The van der Waals surface area contributed by atoms with Crippen LogP contribution in [-0.4, -0.2) is 49.4 Å². The molecule has 0 aromatic heterocycles. The molecule has 2 saturated heterocycles. The average molecular weight is 326 g/mol. The van der Waals surface area contributed by atoms with E-state index in [1.54, 1.807) is 0 Å². The molecule has 1 aromatic rings. The van der Waals surface area contributed by atoms with E-state index in [1.807, 2.05) is 6.07 Å². The summed E-state index contributed by atoms with van der Waals surface area (Å²) in [5.74, 6) is 2.77. The van der Waals surface area contributed by atoms with Crippen molar-refractivity contribution in [2.24, 2.45) is 0 Å². The van der Waals surface area contributed by atoms with Gasteiger partial charge in [0.15, 0.2) is 0 Å². The van der Waals surface area contributed by atoms with Crippen LogP contribution >= 0.6 is 0 Å². The van der Waals surface area contributed by atoms with Crippen LogP contribution in [0.2, 0.25) is 0 Å². The Kier molecular flexibility index (Phi) is 4.77. The quantitative estimate of drug-likeness (QED) is 0.672. The van der Waals surface area contributed by atoms with Crippen molar-refractivity contribution in [3.8, 4) is 12.3 Å². The van der Waals surface area contributed by atoms with E-state index in [2.05, 4.69) is 56.0 Å². The molecular formula is C19H27BN2O2. The third-order valence-corrected chi connectivity index (χ3v) is 5.32. The normalized spacial score (nSPS) is 23.2. The summed E-state index contributed by atoms with van der Waals surface area (Å²) in [6, 6.07) is 6.27. The van der Waals surface area contributed by atoms with E-state index in [1.165, 1.54) is 5.56 Å². The van der Waals surface area contributed by atoms with Gasteiger partial charge in [0.2, 0.25) is 0 Å². The van der Waals surface area contributed by atoms with Crippen molar-refractivity contribution in [3.05, 3.63) is 29.3 Å². The molecule has 0 spiro atoms. The summed E-state index contributed by atoms with van der Waals surface area (Å²) in [7, 11) is -0.370. The highest BCUT2D eigenvalue weighted by atomic mass is 16.7. The van der Waals surface area contributed by atoms with Crippen molar-refractivity contribution in [1.82, 2.24) is 10.2 Å². The van der Waals surface area contributed by atoms with Gasteiger partial charge in [-0.3, -0.25) is 4.90 Å². The lowest BCUT2D eigenvalue weighted by Gasteiger charge is -2.32. The van der Waals surface area contributed by atoms with E-state index in [0.717, 1.165) is 43.8 Å². The molecule has 5 heteroatoms. The van der Waals surface area contributed by atoms with Crippen molar-refractivity contribution in [2.75, 3.05) is 26.2 Å². The van der Waals surface area contributed by atoms with Gasteiger partial charge in [-0.25, -0.2) is 0 Å². The van der Waals surface area contributed by atoms with Crippen molar-refractivity contribution in [1.29, 1.82) is 0 Å². The van der Waals surface area contributed by atoms with Gasteiger partial charge in [-0.05, 0) is 50.9 Å². The Hall–Kier alpha value is -1.32. The van der Waals surface area contributed by atoms with E-state index in [9.17, 15) is 0 Å². The van der Waals surface area contributed by atoms with Gasteiger partial charge in [-0.1, -0.05) is 12.0 Å². The first-order valence-corrected chi connectivity index (χ1v) is 8.70. The fourth-order valence-corrected chi connectivity index (χ4v) is 3.14. The zero-order valence-corrected chi connectivity index (χ0v) is 15.2. The van der Waals surface area contributed by atoms with Gasteiger partial charge in [-0.15, -0.1) is 6.42 Å². The molecule has 0 unspecified atom stereocenters. The second-order valence-corrected chi connectivity index (χ2v) is 7.72. The Balaban J connectivity index is 1.83. The molecule has 24 heavy (non-hydrogen) atoms. The van der Waals surface area contributed by atoms with E-state index in [0.29, 0.717) is 0 Å². The molecule has 1 N–H and O–H groups in total. The lowest BCUT2D eigenvalue weighted by atomic mass is 9.77. The maximum atomic E-state index is 6.18. The van der Waals surface area contributed by atoms with Crippen LogP contribution in [0.1, 0.15) is 38.8 Å². The minimum Gasteiger partial charge on any atom is -0.399 e. The second-order valence-electron chi connectivity index (χ2n) is 7.72. The van der Waals surface area contributed by atoms with Gasteiger partial charge < -0.3 is 14.6 Å². The zero-order chi connectivity index (χ0) is 17.4. The van der Waals surface area contributed by atoms with Crippen LogP contribution in [-0.2, 0) is 15.9 Å². The molecule has 0 amide bonds. The molecule has 1 aromatic carbocycles. The van der Waals surface area contributed by atoms with Gasteiger partial charge in [-0.2, -0.15) is 0 Å². The number of terminal acetylenes is 1. The van der Waals surface area contributed by atoms with Crippen LogP contribution in [0.15, 0.2) is 18.2 Å². The third kappa shape index (κ3) is 3.53. The van der Waals surface area contributed by atoms with Crippen LogP contribution in [0.25, 0.3) is 0 Å². The Morgan fingerprint density at radius 2 is 1.75 bits per heavy atom. The second kappa shape index (κ2) is 6.53. The number of hydrogen-bond donors (Lipinski definition) is 1. The summed E-state index contributed by atoms with van der Waals surface area (Å²) in [5.41, 5.74) is 2.42. The van der Waals surface area contributed by atoms with Crippen molar-refractivity contribution >= 4 is 12.6 Å². The molecule has 2 aliphatic heterocycles. The van der Waals surface area contributed by atoms with Crippen LogP contribution < -0.4 is 10.8 Å². The van der Waals surface area contributed by atoms with E-state index < -0.39 is 0 Å². The lowest BCUT2D eigenvalue weighted by Crippen LogP contribution is -2.43. The van der Waals surface area contributed by atoms with Crippen LogP contribution in [0.3, 0.4) is 0 Å². The average Bonchev–Trinajstić information content (AvgIpc) is 2.76. The van der Waals surface area contributed by atoms with Crippen molar-refractivity contribution in [3.63, 3.8) is 0 Å². The van der Waals surface area contributed by atoms with Gasteiger partial charge in [0.05, 0.1) is 11.2 Å². The predicted octanol–water partition coefficient (Wildman–Crippen LogP) is 1.37. The first-order chi connectivity index (χ1) is 11.3. The highest BCUT2D eigenvalue weighted by Gasteiger charge is 2.51. The third-order valence-electron chi connectivity index (χ3n) is 5.32. The fourth-order valence-electron chi connectivity index (χ4n) is 3.14. The molecule has 4 nitrogen and oxygen atoms in total. The van der Waals surface area contributed by atoms with Crippen LogP contribution in [0.5, 0.6) is 0 Å². The molecule has 2 fully saturated rings. The molecule has 0 bridgehead atoms. The fraction of sp³-hybridized carbons (Fsp3) is 0.579. The highest BCUT2D eigenvalue weighted by molar-refractivity contribution is 6.62. The Labute approximate surface area is 146 Å². The standard InChI is InChI=1S/C19H27BN2O2/c1-6-15-11-16(14-22-9-7-21-8-10-22)13-17(12-15)20-23-18(2,3)19(4,5)24-20/h1,11-13,21H,7-10,14H2,2-5H3. The van der Waals surface area contributed by atoms with Crippen molar-refractivity contribution in [2.45, 2.75) is 45.4 Å². The molecule has 3 rings (SSSR count). The largest absolute Gasteiger partial charge is 0.494 e. The van der Waals surface area contributed by atoms with Crippen molar-refractivity contribution < 1.29 is 9.31 Å². The maximum absolute atomic E-state index is 6.18. The summed E-state index contributed by atoms with van der Waals surface area (Å²) in [4.78, 5) is 2.44.